The molecular formula is C18H26N6O. The first-order valence-corrected chi connectivity index (χ1v) is 9.09. The maximum Gasteiger partial charge on any atom is 0.221 e. The van der Waals surface area contributed by atoms with Crippen molar-refractivity contribution in [1.82, 2.24) is 30.4 Å². The number of amides is 1. The molecule has 1 aliphatic heterocycles. The molecule has 0 bridgehead atoms. The predicted molar refractivity (Wildman–Crippen MR) is 94.7 cm³/mol. The van der Waals surface area contributed by atoms with Gasteiger partial charge in [-0.25, -0.2) is 4.68 Å². The van der Waals surface area contributed by atoms with Crippen LogP contribution in [0.1, 0.15) is 43.7 Å². The highest BCUT2D eigenvalue weighted by molar-refractivity contribution is 5.75. The number of aryl methyl sites for hydroxylation is 1. The van der Waals surface area contributed by atoms with Gasteiger partial charge < -0.3 is 5.32 Å². The molecule has 1 aromatic carbocycles. The van der Waals surface area contributed by atoms with E-state index >= 15 is 0 Å². The van der Waals surface area contributed by atoms with Crippen LogP contribution in [0, 0.1) is 0 Å². The number of likely N-dealkylation sites (tertiary alicyclic amines) is 1. The molecule has 1 atom stereocenters. The summed E-state index contributed by atoms with van der Waals surface area (Å²) in [4.78, 5) is 14.7. The van der Waals surface area contributed by atoms with Crippen LogP contribution in [0.5, 0.6) is 0 Å². The Morgan fingerprint density at radius 1 is 1.12 bits per heavy atom. The molecular weight excluding hydrogens is 316 g/mol. The third-order valence-electron chi connectivity index (χ3n) is 4.72. The Kier molecular flexibility index (Phi) is 6.50. The first-order chi connectivity index (χ1) is 12.3. The molecule has 3 rings (SSSR count). The van der Waals surface area contributed by atoms with E-state index in [4.69, 9.17) is 0 Å². The molecule has 0 spiro atoms. The highest BCUT2D eigenvalue weighted by Gasteiger charge is 2.21. The average Bonchev–Trinajstić information content (AvgIpc) is 3.03. The van der Waals surface area contributed by atoms with Gasteiger partial charge in [-0.05, 0) is 41.9 Å². The maximum absolute atomic E-state index is 12.2. The fourth-order valence-electron chi connectivity index (χ4n) is 3.34. The number of hydrogen-bond donors (Lipinski definition) is 1. The molecule has 1 saturated heterocycles. The fourth-order valence-corrected chi connectivity index (χ4v) is 3.34. The highest BCUT2D eigenvalue weighted by atomic mass is 16.1. The summed E-state index contributed by atoms with van der Waals surface area (Å²) >= 11 is 0. The van der Waals surface area contributed by atoms with Gasteiger partial charge in [-0.15, -0.1) is 5.10 Å². The van der Waals surface area contributed by atoms with E-state index in [1.165, 1.54) is 37.6 Å². The molecule has 7 heteroatoms. The zero-order valence-electron chi connectivity index (χ0n) is 14.5. The second-order valence-corrected chi connectivity index (χ2v) is 6.50. The van der Waals surface area contributed by atoms with Gasteiger partial charge in [0, 0.05) is 13.0 Å². The summed E-state index contributed by atoms with van der Waals surface area (Å²) in [5, 5.41) is 14.0. The number of nitrogens with one attached hydrogen (secondary N) is 1. The molecule has 0 unspecified atom stereocenters. The van der Waals surface area contributed by atoms with Crippen molar-refractivity contribution in [2.24, 2.45) is 0 Å². The summed E-state index contributed by atoms with van der Waals surface area (Å²) in [5.41, 5.74) is 1.27. The molecule has 2 aromatic rings. The van der Waals surface area contributed by atoms with Crippen molar-refractivity contribution in [3.8, 4) is 0 Å². The minimum Gasteiger partial charge on any atom is -0.354 e. The van der Waals surface area contributed by atoms with Crippen molar-refractivity contribution in [3.63, 3.8) is 0 Å². The van der Waals surface area contributed by atoms with E-state index in [2.05, 4.69) is 50.0 Å². The predicted octanol–water partition coefficient (Wildman–Crippen LogP) is 1.80. The Morgan fingerprint density at radius 3 is 2.56 bits per heavy atom. The van der Waals surface area contributed by atoms with Gasteiger partial charge >= 0.3 is 0 Å². The smallest absolute Gasteiger partial charge is 0.221 e. The molecule has 0 saturated carbocycles. The molecule has 25 heavy (non-hydrogen) atoms. The Balaban J connectivity index is 1.58. The van der Waals surface area contributed by atoms with Crippen LogP contribution in [0.25, 0.3) is 0 Å². The molecule has 1 aromatic heterocycles. The van der Waals surface area contributed by atoms with E-state index in [1.807, 2.05) is 6.07 Å². The van der Waals surface area contributed by atoms with Crippen LogP contribution in [0.15, 0.2) is 36.7 Å². The van der Waals surface area contributed by atoms with E-state index in [0.29, 0.717) is 19.5 Å². The molecule has 2 heterocycles. The maximum atomic E-state index is 12.2. The zero-order chi connectivity index (χ0) is 17.3. The lowest BCUT2D eigenvalue weighted by atomic mass is 10.0. The number of hydrogen-bond acceptors (Lipinski definition) is 5. The Hall–Kier alpha value is -2.28. The highest BCUT2D eigenvalue weighted by Crippen LogP contribution is 2.23. The summed E-state index contributed by atoms with van der Waals surface area (Å²) in [6.07, 6.45) is 6.98. The van der Waals surface area contributed by atoms with Crippen LogP contribution in [0.4, 0.5) is 0 Å². The molecule has 7 nitrogen and oxygen atoms in total. The van der Waals surface area contributed by atoms with Gasteiger partial charge in [0.2, 0.25) is 5.91 Å². The second kappa shape index (κ2) is 9.27. The Bertz CT molecular complexity index is 622. The lowest BCUT2D eigenvalue weighted by Gasteiger charge is -2.31. The number of carbonyl (C=O) groups is 1. The van der Waals surface area contributed by atoms with Crippen LogP contribution in [-0.4, -0.2) is 50.6 Å². The number of aromatic nitrogens is 4. The first kappa shape index (κ1) is 17.5. The third-order valence-corrected chi connectivity index (χ3v) is 4.72. The Labute approximate surface area is 148 Å². The number of nitrogens with zero attached hydrogens (tertiary/aromatic N) is 5. The van der Waals surface area contributed by atoms with E-state index in [-0.39, 0.29) is 11.9 Å². The number of tetrazole rings is 1. The molecule has 1 amide bonds. The molecule has 1 N–H and O–H groups in total. The minimum atomic E-state index is 0.0336. The van der Waals surface area contributed by atoms with E-state index in [9.17, 15) is 4.79 Å². The fraction of sp³-hybridized carbons (Fsp3) is 0.556. The van der Waals surface area contributed by atoms with Gasteiger partial charge in [-0.2, -0.15) is 0 Å². The van der Waals surface area contributed by atoms with Gasteiger partial charge in [-0.1, -0.05) is 43.2 Å². The third kappa shape index (κ3) is 5.35. The lowest BCUT2D eigenvalue weighted by Crippen LogP contribution is -2.38. The van der Waals surface area contributed by atoms with E-state index in [0.717, 1.165) is 13.1 Å². The summed E-state index contributed by atoms with van der Waals surface area (Å²) in [6.45, 7) is 3.33. The van der Waals surface area contributed by atoms with Gasteiger partial charge in [0.1, 0.15) is 6.33 Å². The van der Waals surface area contributed by atoms with Crippen LogP contribution >= 0.6 is 0 Å². The normalized spacial score (nSPS) is 17.0. The van der Waals surface area contributed by atoms with Crippen molar-refractivity contribution in [2.45, 2.75) is 44.7 Å². The molecule has 1 aliphatic rings. The van der Waals surface area contributed by atoms with E-state index < -0.39 is 0 Å². The van der Waals surface area contributed by atoms with Crippen molar-refractivity contribution in [3.05, 3.63) is 42.2 Å². The molecule has 0 aliphatic carbocycles. The first-order valence-electron chi connectivity index (χ1n) is 9.09. The van der Waals surface area contributed by atoms with Crippen LogP contribution in [0.2, 0.25) is 0 Å². The minimum absolute atomic E-state index is 0.0336. The largest absolute Gasteiger partial charge is 0.354 e. The SMILES string of the molecule is O=C(CCn1cnnn1)NC[C@@H](c1ccccc1)N1CCCCCC1. The van der Waals surface area contributed by atoms with Crippen molar-refractivity contribution in [1.29, 1.82) is 0 Å². The second-order valence-electron chi connectivity index (χ2n) is 6.50. The number of rotatable bonds is 7. The summed E-state index contributed by atoms with van der Waals surface area (Å²) < 4.78 is 1.57. The topological polar surface area (TPSA) is 75.9 Å². The van der Waals surface area contributed by atoms with Gasteiger partial charge in [0.05, 0.1) is 12.6 Å². The molecule has 1 fully saturated rings. The van der Waals surface area contributed by atoms with Crippen molar-refractivity contribution < 1.29 is 4.79 Å². The van der Waals surface area contributed by atoms with Crippen LogP contribution in [-0.2, 0) is 11.3 Å². The van der Waals surface area contributed by atoms with Gasteiger partial charge in [0.25, 0.3) is 0 Å². The summed E-state index contributed by atoms with van der Waals surface area (Å²) in [5.74, 6) is 0.0336. The average molecular weight is 342 g/mol. The quantitative estimate of drug-likeness (QED) is 0.830. The van der Waals surface area contributed by atoms with E-state index in [1.54, 1.807) is 4.68 Å². The zero-order valence-corrected chi connectivity index (χ0v) is 14.5. The standard InChI is InChI=1S/C18H26N6O/c25-18(10-13-24-15-20-21-22-24)19-14-17(16-8-4-3-5-9-16)23-11-6-1-2-7-12-23/h3-5,8-9,15,17H,1-2,6-7,10-14H2,(H,19,25)/t17-/m0/s1. The molecule has 0 radical (unpaired) electrons. The number of benzene rings is 1. The van der Waals surface area contributed by atoms with Crippen molar-refractivity contribution in [2.75, 3.05) is 19.6 Å². The van der Waals surface area contributed by atoms with Gasteiger partial charge in [0.15, 0.2) is 0 Å². The summed E-state index contributed by atoms with van der Waals surface area (Å²) in [6, 6.07) is 10.7. The monoisotopic (exact) mass is 342 g/mol. The lowest BCUT2D eigenvalue weighted by molar-refractivity contribution is -0.121. The number of carbonyl (C=O) groups excluding carboxylic acids is 1. The van der Waals surface area contributed by atoms with Crippen molar-refractivity contribution >= 4 is 5.91 Å². The molecule has 134 valence electrons. The van der Waals surface area contributed by atoms with Crippen LogP contribution in [0.3, 0.4) is 0 Å². The van der Waals surface area contributed by atoms with Gasteiger partial charge in [-0.3, -0.25) is 9.69 Å². The summed E-state index contributed by atoms with van der Waals surface area (Å²) in [7, 11) is 0. The Morgan fingerprint density at radius 2 is 1.88 bits per heavy atom. The van der Waals surface area contributed by atoms with Crippen LogP contribution < -0.4 is 5.32 Å².